The number of allylic oxidation sites excluding steroid dienone is 8. The molecule has 2 aliphatic rings. The molecule has 0 amide bonds. The molecule has 0 unspecified atom stereocenters. The maximum absolute atomic E-state index is 6.99. The smallest absolute Gasteiger partial charge is 0.135 e. The Balaban J connectivity index is 0.985. The van der Waals surface area contributed by atoms with Crippen LogP contribution >= 0.6 is 0 Å². The molecule has 2 bridgehead atoms. The maximum Gasteiger partial charge on any atom is 0.135 e. The van der Waals surface area contributed by atoms with Crippen molar-refractivity contribution in [3.8, 4) is 28.0 Å². The third kappa shape index (κ3) is 5.65. The minimum Gasteiger partial charge on any atom is -0.457 e. The van der Waals surface area contributed by atoms with E-state index in [0.29, 0.717) is 5.76 Å². The van der Waals surface area contributed by atoms with Crippen LogP contribution in [0.3, 0.4) is 0 Å². The highest BCUT2D eigenvalue weighted by molar-refractivity contribution is 6.26. The van der Waals surface area contributed by atoms with Crippen molar-refractivity contribution < 1.29 is 9.15 Å². The molecule has 2 nitrogen and oxygen atoms in total. The van der Waals surface area contributed by atoms with Gasteiger partial charge in [-0.1, -0.05) is 176 Å². The number of ether oxygens (including phenoxy) is 1. The molecule has 10 aromatic carbocycles. The van der Waals surface area contributed by atoms with Crippen LogP contribution in [0.5, 0.6) is 5.75 Å². The largest absolute Gasteiger partial charge is 0.457 e. The highest BCUT2D eigenvalue weighted by Crippen LogP contribution is 2.46. The fourth-order valence-electron chi connectivity index (χ4n) is 10.4. The number of hydrogen-bond acceptors (Lipinski definition) is 2. The number of rotatable bonds is 3. The van der Waals surface area contributed by atoms with Crippen molar-refractivity contribution in [1.82, 2.24) is 0 Å². The molecule has 0 fully saturated rings. The van der Waals surface area contributed by atoms with Gasteiger partial charge in [0, 0.05) is 16.2 Å². The van der Waals surface area contributed by atoms with Crippen molar-refractivity contribution in [2.75, 3.05) is 0 Å². The van der Waals surface area contributed by atoms with Gasteiger partial charge >= 0.3 is 0 Å². The van der Waals surface area contributed by atoms with Gasteiger partial charge in [-0.15, -0.1) is 0 Å². The third-order valence-electron chi connectivity index (χ3n) is 13.3. The highest BCUT2D eigenvalue weighted by atomic mass is 16.5. The fraction of sp³-hybridized carbons (Fsp3) is 0.0164. The van der Waals surface area contributed by atoms with Gasteiger partial charge in [0.1, 0.15) is 22.7 Å². The van der Waals surface area contributed by atoms with E-state index in [0.717, 1.165) is 72.4 Å². The van der Waals surface area contributed by atoms with Gasteiger partial charge in [-0.3, -0.25) is 0 Å². The molecule has 0 N–H and O–H groups in total. The van der Waals surface area contributed by atoms with E-state index in [9.17, 15) is 0 Å². The van der Waals surface area contributed by atoms with E-state index in [1.54, 1.807) is 0 Å². The normalized spacial score (nSPS) is 15.7. The second-order valence-electron chi connectivity index (χ2n) is 16.8. The fourth-order valence-corrected chi connectivity index (χ4v) is 10.4. The summed E-state index contributed by atoms with van der Waals surface area (Å²) in [6.07, 6.45) is 11.7. The van der Waals surface area contributed by atoms with Crippen LogP contribution in [0.15, 0.2) is 229 Å². The summed E-state index contributed by atoms with van der Waals surface area (Å²) in [5, 5.41) is 14.0. The zero-order valence-corrected chi connectivity index (χ0v) is 34.4. The topological polar surface area (TPSA) is 22.4 Å². The lowest BCUT2D eigenvalue weighted by molar-refractivity contribution is 0.452. The molecule has 2 heteroatoms. The Kier molecular flexibility index (Phi) is 7.85. The summed E-state index contributed by atoms with van der Waals surface area (Å²) in [4.78, 5) is 0. The lowest BCUT2D eigenvalue weighted by Gasteiger charge is -2.20. The molecular weight excluding hydrogens is 765 g/mol. The Hall–Kier alpha value is -8.20. The zero-order valence-electron chi connectivity index (χ0n) is 34.4. The predicted octanol–water partition coefficient (Wildman–Crippen LogP) is 16.9. The molecule has 63 heavy (non-hydrogen) atoms. The SMILES string of the molecule is C=C1/C=C\C(c2ccc3oc4ccc(-c5ccc6ccccc6c5)c5cccc(c6cccc2c36)c45)=C2\C=CC=C(C2)c2cccc3c(-c4ccc5ccccc5c4)ccc(c23)O1. The molecule has 0 radical (unpaired) electrons. The first-order valence-corrected chi connectivity index (χ1v) is 21.6. The molecule has 0 saturated heterocycles. The second kappa shape index (κ2) is 13.9. The molecule has 1 aliphatic carbocycles. The van der Waals surface area contributed by atoms with Crippen LogP contribution in [0.4, 0.5) is 0 Å². The minimum atomic E-state index is 0.573. The van der Waals surface area contributed by atoms with Crippen molar-refractivity contribution in [2.45, 2.75) is 6.42 Å². The molecule has 13 rings (SSSR count). The van der Waals surface area contributed by atoms with Gasteiger partial charge in [0.2, 0.25) is 0 Å². The summed E-state index contributed by atoms with van der Waals surface area (Å²) in [5.41, 5.74) is 12.3. The molecule has 0 saturated carbocycles. The van der Waals surface area contributed by atoms with Gasteiger partial charge < -0.3 is 9.15 Å². The molecule has 294 valence electrons. The van der Waals surface area contributed by atoms with E-state index in [-0.39, 0.29) is 0 Å². The first-order valence-electron chi connectivity index (χ1n) is 21.6. The lowest BCUT2D eigenvalue weighted by Crippen LogP contribution is -1.98. The van der Waals surface area contributed by atoms with Crippen LogP contribution in [0.2, 0.25) is 0 Å². The average molecular weight is 803 g/mol. The summed E-state index contributed by atoms with van der Waals surface area (Å²) in [7, 11) is 0. The van der Waals surface area contributed by atoms with E-state index in [4.69, 9.17) is 9.15 Å². The summed E-state index contributed by atoms with van der Waals surface area (Å²) >= 11 is 0. The molecule has 2 heterocycles. The molecular formula is C61H38O2. The van der Waals surface area contributed by atoms with Crippen molar-refractivity contribution >= 4 is 86.9 Å². The lowest BCUT2D eigenvalue weighted by atomic mass is 9.84. The van der Waals surface area contributed by atoms with Gasteiger partial charge in [-0.05, 0) is 141 Å². The summed E-state index contributed by atoms with van der Waals surface area (Å²) in [6, 6.07) is 63.6. The molecule has 1 aliphatic heterocycles. The number of hydrogen-bond donors (Lipinski definition) is 0. The van der Waals surface area contributed by atoms with E-state index >= 15 is 0 Å². The summed E-state index contributed by atoms with van der Waals surface area (Å²) in [5.74, 6) is 1.37. The van der Waals surface area contributed by atoms with Crippen LogP contribution in [-0.2, 0) is 0 Å². The maximum atomic E-state index is 6.99. The first-order chi connectivity index (χ1) is 31.1. The average Bonchev–Trinajstić information content (AvgIpc) is 3.48. The monoisotopic (exact) mass is 802 g/mol. The molecule has 11 aromatic rings. The van der Waals surface area contributed by atoms with E-state index in [1.807, 2.05) is 6.08 Å². The zero-order chi connectivity index (χ0) is 41.6. The van der Waals surface area contributed by atoms with Crippen molar-refractivity contribution in [3.05, 3.63) is 235 Å². The number of fused-ring (bicyclic) bond motifs is 6. The minimum absolute atomic E-state index is 0.573. The summed E-state index contributed by atoms with van der Waals surface area (Å²) in [6.45, 7) is 4.44. The van der Waals surface area contributed by atoms with E-state index < -0.39 is 0 Å². The summed E-state index contributed by atoms with van der Waals surface area (Å²) < 4.78 is 13.7. The Labute approximate surface area is 364 Å². The van der Waals surface area contributed by atoms with Crippen molar-refractivity contribution in [3.63, 3.8) is 0 Å². The Morgan fingerprint density at radius 2 is 0.968 bits per heavy atom. The van der Waals surface area contributed by atoms with Crippen LogP contribution in [0, 0.1) is 0 Å². The Morgan fingerprint density at radius 1 is 0.413 bits per heavy atom. The van der Waals surface area contributed by atoms with Crippen LogP contribution in [-0.4, -0.2) is 0 Å². The molecule has 0 spiro atoms. The van der Waals surface area contributed by atoms with Crippen LogP contribution in [0.1, 0.15) is 17.5 Å². The highest BCUT2D eigenvalue weighted by Gasteiger charge is 2.22. The first kappa shape index (κ1) is 35.5. The van der Waals surface area contributed by atoms with Gasteiger partial charge in [0.15, 0.2) is 0 Å². The quantitative estimate of drug-likeness (QED) is 0.178. The van der Waals surface area contributed by atoms with Gasteiger partial charge in [-0.2, -0.15) is 0 Å². The Morgan fingerprint density at radius 3 is 1.63 bits per heavy atom. The van der Waals surface area contributed by atoms with Crippen LogP contribution in [0.25, 0.3) is 109 Å². The van der Waals surface area contributed by atoms with Crippen molar-refractivity contribution in [1.29, 1.82) is 0 Å². The standard InChI is InChI=1S/C61H38O2/c1-37-22-27-46(42-14-6-15-43(36-42)49-16-7-17-51-47(28-31-56(62-37)59(49)51)44-25-23-38-10-2-4-12-40(38)34-44)50-30-33-58-61-53(50)19-9-21-55(61)54-20-8-18-52-48(29-32-57(63-58)60(52)54)45-26-24-39-11-3-5-13-41(39)35-45/h2-35H,1,36H2/b27-22-,46-42+. The van der Waals surface area contributed by atoms with Crippen molar-refractivity contribution in [2.24, 2.45) is 0 Å². The van der Waals surface area contributed by atoms with E-state index in [2.05, 4.69) is 207 Å². The third-order valence-corrected chi connectivity index (χ3v) is 13.3. The molecule has 1 aromatic heterocycles. The van der Waals surface area contributed by atoms with Crippen LogP contribution < -0.4 is 4.74 Å². The Bertz CT molecular complexity index is 3920. The molecule has 0 atom stereocenters. The predicted molar refractivity (Wildman–Crippen MR) is 266 cm³/mol. The number of benzene rings is 10. The van der Waals surface area contributed by atoms with Gasteiger partial charge in [-0.25, -0.2) is 0 Å². The second-order valence-corrected chi connectivity index (χ2v) is 16.8. The van der Waals surface area contributed by atoms with Gasteiger partial charge in [0.05, 0.1) is 0 Å². The van der Waals surface area contributed by atoms with Gasteiger partial charge in [0.25, 0.3) is 0 Å². The van der Waals surface area contributed by atoms with E-state index in [1.165, 1.54) is 65.7 Å².